The highest BCUT2D eigenvalue weighted by Gasteiger charge is 2.09. The standard InChI is InChI=1S/C14H22BrNO2/c1-10(2)16-9-12-5-4-6-13(15)14(12)18-8-7-11(3)17/h4-6,10-11,16-17H,7-9H2,1-3H3. The van der Waals surface area contributed by atoms with Gasteiger partial charge in [-0.2, -0.15) is 0 Å². The average Bonchev–Trinajstić information content (AvgIpc) is 2.28. The van der Waals surface area contributed by atoms with E-state index in [2.05, 4.69) is 41.2 Å². The highest BCUT2D eigenvalue weighted by Crippen LogP contribution is 2.29. The van der Waals surface area contributed by atoms with Crippen LogP contribution in [0.25, 0.3) is 0 Å². The molecule has 0 aliphatic rings. The zero-order valence-corrected chi connectivity index (χ0v) is 12.8. The molecule has 0 amide bonds. The third kappa shape index (κ3) is 5.38. The maximum absolute atomic E-state index is 9.24. The van der Waals surface area contributed by atoms with Gasteiger partial charge in [-0.15, -0.1) is 0 Å². The minimum absolute atomic E-state index is 0.329. The van der Waals surface area contributed by atoms with E-state index in [-0.39, 0.29) is 6.10 Å². The van der Waals surface area contributed by atoms with E-state index < -0.39 is 0 Å². The molecule has 3 nitrogen and oxygen atoms in total. The van der Waals surface area contributed by atoms with Gasteiger partial charge in [0.2, 0.25) is 0 Å². The molecule has 1 unspecified atom stereocenters. The smallest absolute Gasteiger partial charge is 0.137 e. The fraction of sp³-hybridized carbons (Fsp3) is 0.571. The zero-order chi connectivity index (χ0) is 13.5. The second-order valence-electron chi connectivity index (χ2n) is 4.75. The summed E-state index contributed by atoms with van der Waals surface area (Å²) < 4.78 is 6.72. The van der Waals surface area contributed by atoms with Gasteiger partial charge in [0.15, 0.2) is 0 Å². The molecule has 1 aromatic rings. The van der Waals surface area contributed by atoms with E-state index in [1.165, 1.54) is 0 Å². The number of aliphatic hydroxyl groups excluding tert-OH is 1. The number of hydrogen-bond donors (Lipinski definition) is 2. The quantitative estimate of drug-likeness (QED) is 0.812. The summed E-state index contributed by atoms with van der Waals surface area (Å²) in [6, 6.07) is 6.46. The van der Waals surface area contributed by atoms with Crippen LogP contribution < -0.4 is 10.1 Å². The summed E-state index contributed by atoms with van der Waals surface area (Å²) in [4.78, 5) is 0. The van der Waals surface area contributed by atoms with E-state index in [1.807, 2.05) is 12.1 Å². The third-order valence-corrected chi connectivity index (χ3v) is 3.16. The summed E-state index contributed by atoms with van der Waals surface area (Å²) in [6.45, 7) is 7.30. The first-order valence-electron chi connectivity index (χ1n) is 6.32. The van der Waals surface area contributed by atoms with Crippen molar-refractivity contribution in [3.05, 3.63) is 28.2 Å². The summed E-state index contributed by atoms with van der Waals surface area (Å²) in [7, 11) is 0. The van der Waals surface area contributed by atoms with Gasteiger partial charge in [-0.25, -0.2) is 0 Å². The Balaban J connectivity index is 2.67. The van der Waals surface area contributed by atoms with Crippen LogP contribution >= 0.6 is 15.9 Å². The maximum atomic E-state index is 9.24. The number of benzene rings is 1. The number of aliphatic hydroxyl groups is 1. The average molecular weight is 316 g/mol. The molecule has 1 aromatic carbocycles. The fourth-order valence-electron chi connectivity index (χ4n) is 1.50. The molecule has 4 heteroatoms. The van der Waals surface area contributed by atoms with Gasteiger partial charge in [0.05, 0.1) is 17.2 Å². The van der Waals surface area contributed by atoms with Crippen molar-refractivity contribution in [2.45, 2.75) is 45.9 Å². The number of para-hydroxylation sites is 1. The van der Waals surface area contributed by atoms with Gasteiger partial charge in [0.25, 0.3) is 0 Å². The molecule has 102 valence electrons. The summed E-state index contributed by atoms with van der Waals surface area (Å²) >= 11 is 3.51. The number of rotatable bonds is 7. The number of halogens is 1. The number of hydrogen-bond acceptors (Lipinski definition) is 3. The van der Waals surface area contributed by atoms with Crippen LogP contribution in [0.15, 0.2) is 22.7 Å². The molecule has 0 aliphatic carbocycles. The van der Waals surface area contributed by atoms with Crippen molar-refractivity contribution in [3.63, 3.8) is 0 Å². The number of nitrogens with one attached hydrogen (secondary N) is 1. The lowest BCUT2D eigenvalue weighted by Gasteiger charge is -2.15. The van der Waals surface area contributed by atoms with E-state index in [0.29, 0.717) is 19.1 Å². The molecule has 0 saturated carbocycles. The van der Waals surface area contributed by atoms with Crippen molar-refractivity contribution < 1.29 is 9.84 Å². The topological polar surface area (TPSA) is 41.5 Å². The van der Waals surface area contributed by atoms with Crippen LogP contribution in [0.5, 0.6) is 5.75 Å². The molecule has 1 atom stereocenters. The van der Waals surface area contributed by atoms with E-state index in [9.17, 15) is 5.11 Å². The summed E-state index contributed by atoms with van der Waals surface area (Å²) in [5.41, 5.74) is 1.13. The molecule has 2 N–H and O–H groups in total. The molecule has 18 heavy (non-hydrogen) atoms. The molecule has 0 fully saturated rings. The summed E-state index contributed by atoms with van der Waals surface area (Å²) in [5, 5.41) is 12.6. The van der Waals surface area contributed by atoms with Crippen molar-refractivity contribution in [1.29, 1.82) is 0 Å². The van der Waals surface area contributed by atoms with E-state index in [4.69, 9.17) is 4.74 Å². The van der Waals surface area contributed by atoms with E-state index in [1.54, 1.807) is 6.92 Å². The molecule has 0 spiro atoms. The van der Waals surface area contributed by atoms with Gasteiger partial charge < -0.3 is 15.2 Å². The minimum atomic E-state index is -0.329. The lowest BCUT2D eigenvalue weighted by atomic mass is 10.2. The lowest BCUT2D eigenvalue weighted by molar-refractivity contribution is 0.155. The predicted molar refractivity (Wildman–Crippen MR) is 77.9 cm³/mol. The van der Waals surface area contributed by atoms with E-state index in [0.717, 1.165) is 22.3 Å². The van der Waals surface area contributed by atoms with Crippen LogP contribution in [0.1, 0.15) is 32.8 Å². The molecule has 1 rings (SSSR count). The molecular weight excluding hydrogens is 294 g/mol. The van der Waals surface area contributed by atoms with Crippen LogP contribution in [-0.4, -0.2) is 23.9 Å². The van der Waals surface area contributed by atoms with Crippen molar-refractivity contribution in [3.8, 4) is 5.75 Å². The van der Waals surface area contributed by atoms with Crippen molar-refractivity contribution in [2.24, 2.45) is 0 Å². The first-order chi connectivity index (χ1) is 8.50. The monoisotopic (exact) mass is 315 g/mol. The molecule has 0 heterocycles. The normalized spacial score (nSPS) is 12.8. The van der Waals surface area contributed by atoms with E-state index >= 15 is 0 Å². The maximum Gasteiger partial charge on any atom is 0.137 e. The molecule has 0 bridgehead atoms. The SMILES string of the molecule is CC(O)CCOc1c(Br)cccc1CNC(C)C. The minimum Gasteiger partial charge on any atom is -0.492 e. The van der Waals surface area contributed by atoms with Crippen molar-refractivity contribution in [2.75, 3.05) is 6.61 Å². The zero-order valence-electron chi connectivity index (χ0n) is 11.2. The Kier molecular flexibility index (Phi) is 6.68. The molecule has 0 aromatic heterocycles. The second-order valence-corrected chi connectivity index (χ2v) is 5.60. The molecule has 0 aliphatic heterocycles. The van der Waals surface area contributed by atoms with Gasteiger partial charge in [-0.05, 0) is 28.9 Å². The third-order valence-electron chi connectivity index (χ3n) is 2.53. The molecular formula is C14H22BrNO2. The van der Waals surface area contributed by atoms with Gasteiger partial charge in [-0.3, -0.25) is 0 Å². The first-order valence-corrected chi connectivity index (χ1v) is 7.11. The summed E-state index contributed by atoms with van der Waals surface area (Å²) in [5.74, 6) is 0.867. The fourth-order valence-corrected chi connectivity index (χ4v) is 2.02. The Hall–Kier alpha value is -0.580. The van der Waals surface area contributed by atoms with Gasteiger partial charge in [-0.1, -0.05) is 26.0 Å². The highest BCUT2D eigenvalue weighted by atomic mass is 79.9. The Morgan fingerprint density at radius 2 is 2.06 bits per heavy atom. The molecule has 0 saturated heterocycles. The van der Waals surface area contributed by atoms with Gasteiger partial charge in [0, 0.05) is 24.6 Å². The predicted octanol–water partition coefficient (Wildman–Crippen LogP) is 3.10. The first kappa shape index (κ1) is 15.5. The highest BCUT2D eigenvalue weighted by molar-refractivity contribution is 9.10. The number of ether oxygens (including phenoxy) is 1. The lowest BCUT2D eigenvalue weighted by Crippen LogP contribution is -2.22. The van der Waals surface area contributed by atoms with Crippen LogP contribution in [0.2, 0.25) is 0 Å². The Morgan fingerprint density at radius 1 is 1.33 bits per heavy atom. The van der Waals surface area contributed by atoms with Gasteiger partial charge >= 0.3 is 0 Å². The van der Waals surface area contributed by atoms with Crippen LogP contribution in [-0.2, 0) is 6.54 Å². The Morgan fingerprint density at radius 3 is 2.67 bits per heavy atom. The largest absolute Gasteiger partial charge is 0.492 e. The Bertz CT molecular complexity index is 367. The van der Waals surface area contributed by atoms with Crippen LogP contribution in [0.3, 0.4) is 0 Å². The summed E-state index contributed by atoms with van der Waals surface area (Å²) in [6.07, 6.45) is 0.308. The van der Waals surface area contributed by atoms with Gasteiger partial charge in [0.1, 0.15) is 5.75 Å². The van der Waals surface area contributed by atoms with Crippen molar-refractivity contribution >= 4 is 15.9 Å². The van der Waals surface area contributed by atoms with Crippen LogP contribution in [0, 0.1) is 0 Å². The van der Waals surface area contributed by atoms with Crippen LogP contribution in [0.4, 0.5) is 0 Å². The molecule has 0 radical (unpaired) electrons. The van der Waals surface area contributed by atoms with Crippen molar-refractivity contribution in [1.82, 2.24) is 5.32 Å². The second kappa shape index (κ2) is 7.77. The Labute approximate surface area is 118 Å².